The van der Waals surface area contributed by atoms with Crippen molar-refractivity contribution in [2.75, 3.05) is 55.0 Å². The van der Waals surface area contributed by atoms with Crippen LogP contribution in [0.2, 0.25) is 0 Å². The van der Waals surface area contributed by atoms with E-state index in [1.807, 2.05) is 4.90 Å². The Morgan fingerprint density at radius 1 is 0.893 bits per heavy atom. The molecule has 0 saturated heterocycles. The van der Waals surface area contributed by atoms with Gasteiger partial charge in [0, 0.05) is 61.3 Å². The maximum absolute atomic E-state index is 13.3. The number of aldehydes is 1. The summed E-state index contributed by atoms with van der Waals surface area (Å²) in [5.74, 6) is 4.39. The number of terminal acetylenes is 1. The second-order valence-corrected chi connectivity index (χ2v) is 16.3. The van der Waals surface area contributed by atoms with Crippen LogP contribution in [-0.2, 0) is 35.3 Å². The maximum Gasteiger partial charge on any atom is 0.253 e. The highest BCUT2D eigenvalue weighted by Crippen LogP contribution is 2.21. The van der Waals surface area contributed by atoms with Gasteiger partial charge in [0.05, 0.1) is 43.1 Å². The summed E-state index contributed by atoms with van der Waals surface area (Å²) in [5.41, 5.74) is 22.2. The first-order valence-electron chi connectivity index (χ1n) is 23.7. The van der Waals surface area contributed by atoms with Crippen LogP contribution in [0.15, 0.2) is 65.9 Å². The molecular formula is C49H65N17O9. The monoisotopic (exact) mass is 1040 g/mol. The average Bonchev–Trinajstić information content (AvgIpc) is 3.72. The Morgan fingerprint density at radius 2 is 1.59 bits per heavy atom. The number of anilines is 4. The molecule has 15 N–H and O–H groups in total. The molecule has 4 aromatic rings. The van der Waals surface area contributed by atoms with Crippen LogP contribution in [0.5, 0.6) is 0 Å². The molecule has 2 unspecified atom stereocenters. The maximum atomic E-state index is 13.3. The van der Waals surface area contributed by atoms with Crippen LogP contribution in [-0.4, -0.2) is 129 Å². The SMILES string of the molecule is C#CCN(Cc1cnc2nc(N)nc(N)c2n1)c1ccc(C(=O)NC(C=O)CCCNC(=O)c2ccc(NC(=O)C(C)NC(=O)CNC(=O)CCCCCN3C(=O)C=CC3=O)cc2/C(N)=N/NN)cc1.CCC.CO. The Hall–Kier alpha value is -9.09. The first kappa shape index (κ1) is 60.2. The van der Waals surface area contributed by atoms with E-state index in [4.69, 9.17) is 34.6 Å². The van der Waals surface area contributed by atoms with Crippen molar-refractivity contribution in [1.82, 2.24) is 51.6 Å². The molecule has 7 amide bonds. The summed E-state index contributed by atoms with van der Waals surface area (Å²) in [6.07, 6.45) is 13.6. The molecule has 0 radical (unpaired) electrons. The van der Waals surface area contributed by atoms with Crippen molar-refractivity contribution < 1.29 is 43.5 Å². The zero-order valence-corrected chi connectivity index (χ0v) is 42.2. The molecule has 0 aliphatic carbocycles. The summed E-state index contributed by atoms with van der Waals surface area (Å²) in [4.78, 5) is 119. The van der Waals surface area contributed by atoms with E-state index >= 15 is 0 Å². The molecule has 0 bridgehead atoms. The number of nitrogens with zero attached hydrogens (tertiary/aromatic N) is 7. The largest absolute Gasteiger partial charge is 0.400 e. The van der Waals surface area contributed by atoms with Gasteiger partial charge in [0.1, 0.15) is 12.3 Å². The number of nitrogens with one attached hydrogen (secondary N) is 6. The summed E-state index contributed by atoms with van der Waals surface area (Å²) in [6.45, 7) is 6.11. The molecule has 26 heteroatoms. The topological polar surface area (TPSA) is 403 Å². The normalized spacial score (nSPS) is 12.4. The number of amidine groups is 1. The van der Waals surface area contributed by atoms with Gasteiger partial charge >= 0.3 is 0 Å². The highest BCUT2D eigenvalue weighted by atomic mass is 16.2. The third-order valence-electron chi connectivity index (χ3n) is 10.5. The highest BCUT2D eigenvalue weighted by Gasteiger charge is 2.23. The fourth-order valence-corrected chi connectivity index (χ4v) is 6.89. The number of carbonyl (C=O) groups is 8. The van der Waals surface area contributed by atoms with E-state index in [1.54, 1.807) is 24.3 Å². The van der Waals surface area contributed by atoms with Crippen LogP contribution < -0.4 is 60.1 Å². The minimum atomic E-state index is -1.04. The number of nitrogen functional groups attached to an aromatic ring is 2. The number of rotatable bonds is 25. The average molecular weight is 1040 g/mol. The fraction of sp³-hybridized carbons (Fsp3) is 0.367. The van der Waals surface area contributed by atoms with Gasteiger partial charge in [0.2, 0.25) is 23.7 Å². The smallest absolute Gasteiger partial charge is 0.253 e. The lowest BCUT2D eigenvalue weighted by Gasteiger charge is -2.22. The number of nitrogens with two attached hydrogens (primary N) is 4. The number of aliphatic hydroxyl groups is 1. The van der Waals surface area contributed by atoms with E-state index in [0.29, 0.717) is 42.4 Å². The molecule has 2 aromatic heterocycles. The zero-order valence-electron chi connectivity index (χ0n) is 42.2. The van der Waals surface area contributed by atoms with Gasteiger partial charge in [-0.1, -0.05) is 32.6 Å². The summed E-state index contributed by atoms with van der Waals surface area (Å²) in [6, 6.07) is 8.87. The van der Waals surface area contributed by atoms with Gasteiger partial charge in [0.15, 0.2) is 22.8 Å². The van der Waals surface area contributed by atoms with Crippen molar-refractivity contribution in [3.8, 4) is 12.3 Å². The fourth-order valence-electron chi connectivity index (χ4n) is 6.89. The number of fused-ring (bicyclic) bond motifs is 1. The third kappa shape index (κ3) is 19.1. The summed E-state index contributed by atoms with van der Waals surface area (Å²) < 4.78 is 0. The summed E-state index contributed by atoms with van der Waals surface area (Å²) in [7, 11) is 1.00. The Bertz CT molecular complexity index is 2730. The number of hydrogen-bond acceptors (Lipinski definition) is 19. The van der Waals surface area contributed by atoms with Gasteiger partial charge in [0.25, 0.3) is 23.6 Å². The molecule has 2 aromatic carbocycles. The number of amides is 7. The summed E-state index contributed by atoms with van der Waals surface area (Å²) in [5, 5.41) is 23.8. The summed E-state index contributed by atoms with van der Waals surface area (Å²) >= 11 is 0. The predicted octanol–water partition coefficient (Wildman–Crippen LogP) is -0.115. The molecule has 2 atom stereocenters. The van der Waals surface area contributed by atoms with E-state index in [2.05, 4.69) is 76.9 Å². The van der Waals surface area contributed by atoms with Crippen molar-refractivity contribution in [2.45, 2.75) is 84.3 Å². The molecule has 3 heterocycles. The lowest BCUT2D eigenvalue weighted by molar-refractivity contribution is -0.137. The minimum Gasteiger partial charge on any atom is -0.400 e. The zero-order chi connectivity index (χ0) is 55.5. The number of aliphatic hydroxyl groups excluding tert-OH is 1. The number of hydrazine groups is 1. The molecule has 5 rings (SSSR count). The number of benzene rings is 2. The van der Waals surface area contributed by atoms with Crippen molar-refractivity contribution in [3.05, 3.63) is 83.2 Å². The van der Waals surface area contributed by atoms with Crippen molar-refractivity contribution in [2.24, 2.45) is 16.7 Å². The highest BCUT2D eigenvalue weighted by molar-refractivity contribution is 6.13. The number of unbranched alkanes of at least 4 members (excludes halogenated alkanes) is 2. The standard InChI is InChI=1S/C45H53N17O8.C3H8.CH4O/c1-3-19-61(24-30-22-52-41-38(54-30)40(47)57-45(48)58-41)31-13-10-27(11-14-31)43(69)56-29(25-63)8-7-18-50-44(70)32-15-12-28(21-33(32)39(46)59-60-49)55-42(68)26(2)53-35(65)23-51-34(64)9-5-4-6-20-62-36(66)16-17-37(62)67;1-3-2;1-2/h1,10-17,21-22,25-26,29,60H,4-9,18-20,23-24,49H2,2H3,(H2,46,59)(H,50,70)(H,51,64)(H,53,65)(H,55,68)(H,56,69)(H4,47,48,52,57,58);3H2,1-2H3;2H,1H3. The molecule has 0 fully saturated rings. The lowest BCUT2D eigenvalue weighted by Crippen LogP contribution is -2.45. The van der Waals surface area contributed by atoms with Crippen LogP contribution in [0.25, 0.3) is 11.2 Å². The molecule has 0 saturated carbocycles. The van der Waals surface area contributed by atoms with E-state index in [-0.39, 0.29) is 115 Å². The first-order valence-corrected chi connectivity index (χ1v) is 23.7. The molecule has 26 nitrogen and oxygen atoms in total. The van der Waals surface area contributed by atoms with Crippen LogP contribution in [0.3, 0.4) is 0 Å². The van der Waals surface area contributed by atoms with Crippen LogP contribution >= 0.6 is 0 Å². The van der Waals surface area contributed by atoms with Crippen LogP contribution in [0.1, 0.15) is 97.7 Å². The quantitative estimate of drug-likeness (QED) is 0.00603. The Labute approximate surface area is 433 Å². The Morgan fingerprint density at radius 3 is 2.24 bits per heavy atom. The Balaban J connectivity index is 0.00000286. The van der Waals surface area contributed by atoms with Crippen molar-refractivity contribution in [1.29, 1.82) is 0 Å². The second-order valence-electron chi connectivity index (χ2n) is 16.3. The second kappa shape index (κ2) is 31.4. The van der Waals surface area contributed by atoms with Gasteiger partial charge in [-0.15, -0.1) is 11.5 Å². The number of carbonyl (C=O) groups excluding carboxylic acids is 8. The van der Waals surface area contributed by atoms with Crippen LogP contribution in [0, 0.1) is 12.3 Å². The van der Waals surface area contributed by atoms with Gasteiger partial charge in [-0.3, -0.25) is 38.5 Å². The van der Waals surface area contributed by atoms with E-state index in [9.17, 15) is 38.4 Å². The van der Waals surface area contributed by atoms with Crippen LogP contribution in [0.4, 0.5) is 23.1 Å². The molecule has 0 spiro atoms. The number of aromatic nitrogens is 4. The minimum absolute atomic E-state index is 0.0220. The van der Waals surface area contributed by atoms with Gasteiger partial charge < -0.3 is 58.6 Å². The van der Waals surface area contributed by atoms with E-state index in [0.717, 1.165) is 12.0 Å². The number of hydrogen-bond donors (Lipinski definition) is 11. The van der Waals surface area contributed by atoms with Crippen molar-refractivity contribution >= 4 is 87.8 Å². The van der Waals surface area contributed by atoms with Gasteiger partial charge in [-0.2, -0.15) is 9.97 Å². The van der Waals surface area contributed by atoms with Gasteiger partial charge in [-0.05, 0) is 75.1 Å². The molecule has 1 aliphatic heterocycles. The molecule has 1 aliphatic rings. The predicted molar refractivity (Wildman–Crippen MR) is 281 cm³/mol. The first-order chi connectivity index (χ1) is 36.0. The number of imide groups is 1. The number of hydrazone groups is 1. The van der Waals surface area contributed by atoms with E-state index in [1.165, 1.54) is 49.9 Å². The van der Waals surface area contributed by atoms with Gasteiger partial charge in [-0.25, -0.2) is 21.3 Å². The van der Waals surface area contributed by atoms with E-state index < -0.39 is 35.7 Å². The molecule has 75 heavy (non-hydrogen) atoms. The molecule has 400 valence electrons. The van der Waals surface area contributed by atoms with Crippen molar-refractivity contribution in [3.63, 3.8) is 0 Å². The third-order valence-corrected chi connectivity index (χ3v) is 10.5. The lowest BCUT2D eigenvalue weighted by atomic mass is 10.0. The molecular weight excluding hydrogens is 971 g/mol. The Kier molecular flexibility index (Phi) is 25.2.